The average Bonchev–Trinajstić information content (AvgIpc) is 2.78. The van der Waals surface area contributed by atoms with Crippen LogP contribution in [0.25, 0.3) is 0 Å². The normalized spacial score (nSPS) is 17.1. The quantitative estimate of drug-likeness (QED) is 0.700. The number of ether oxygens (including phenoxy) is 3. The van der Waals surface area contributed by atoms with E-state index < -0.39 is 15.9 Å². The summed E-state index contributed by atoms with van der Waals surface area (Å²) < 4.78 is 43.4. The smallest absolute Gasteiger partial charge is 0.243 e. The Bertz CT molecular complexity index is 1050. The molecule has 1 atom stereocenters. The minimum Gasteiger partial charge on any atom is -0.496 e. The standard InChI is InChI=1S/C22H28N2O6S/c1-15-12-18(8-10-19(15)28-2)31(26,27)24-11-5-6-16(14-24)22(25)23-17-7-9-20(29-3)21(13-17)30-4/h7-10,12-13,16H,5-6,11,14H2,1-4H3,(H,23,25). The molecule has 31 heavy (non-hydrogen) atoms. The van der Waals surface area contributed by atoms with Crippen molar-refractivity contribution >= 4 is 21.6 Å². The van der Waals surface area contributed by atoms with E-state index in [-0.39, 0.29) is 17.3 Å². The summed E-state index contributed by atoms with van der Waals surface area (Å²) in [5, 5.41) is 2.86. The summed E-state index contributed by atoms with van der Waals surface area (Å²) in [4.78, 5) is 13.0. The molecule has 1 saturated heterocycles. The molecule has 0 aliphatic carbocycles. The van der Waals surface area contributed by atoms with Crippen molar-refractivity contribution in [2.45, 2.75) is 24.7 Å². The number of nitrogens with zero attached hydrogens (tertiary/aromatic N) is 1. The molecule has 0 spiro atoms. The number of hydrogen-bond donors (Lipinski definition) is 1. The van der Waals surface area contributed by atoms with E-state index in [1.165, 1.54) is 24.6 Å². The van der Waals surface area contributed by atoms with Gasteiger partial charge >= 0.3 is 0 Å². The molecular weight excluding hydrogens is 420 g/mol. The summed E-state index contributed by atoms with van der Waals surface area (Å²) in [5.41, 5.74) is 1.30. The number of sulfonamides is 1. The van der Waals surface area contributed by atoms with Gasteiger partial charge < -0.3 is 19.5 Å². The Labute approximate surface area is 183 Å². The number of carbonyl (C=O) groups excluding carboxylic acids is 1. The van der Waals surface area contributed by atoms with Crippen LogP contribution in [0.4, 0.5) is 5.69 Å². The fourth-order valence-corrected chi connectivity index (χ4v) is 5.30. The van der Waals surface area contributed by atoms with Gasteiger partial charge in [0, 0.05) is 24.8 Å². The van der Waals surface area contributed by atoms with E-state index in [4.69, 9.17) is 14.2 Å². The minimum absolute atomic E-state index is 0.131. The van der Waals surface area contributed by atoms with E-state index in [0.29, 0.717) is 42.3 Å². The predicted octanol–water partition coefficient (Wildman–Crippen LogP) is 3.06. The van der Waals surface area contributed by atoms with Crippen molar-refractivity contribution < 1.29 is 27.4 Å². The molecule has 1 unspecified atom stereocenters. The van der Waals surface area contributed by atoms with Gasteiger partial charge in [0.2, 0.25) is 15.9 Å². The first kappa shape index (κ1) is 22.9. The fourth-order valence-electron chi connectivity index (χ4n) is 3.69. The molecule has 1 aliphatic heterocycles. The van der Waals surface area contributed by atoms with Crippen molar-refractivity contribution in [3.05, 3.63) is 42.0 Å². The molecular formula is C22H28N2O6S. The van der Waals surface area contributed by atoms with Crippen LogP contribution in [0.15, 0.2) is 41.3 Å². The largest absolute Gasteiger partial charge is 0.496 e. The third kappa shape index (κ3) is 4.94. The van der Waals surface area contributed by atoms with Crippen LogP contribution in [0.3, 0.4) is 0 Å². The Kier molecular flexibility index (Phi) is 7.07. The van der Waals surface area contributed by atoms with Gasteiger partial charge in [0.15, 0.2) is 11.5 Å². The summed E-state index contributed by atoms with van der Waals surface area (Å²) in [5.74, 6) is 1.02. The van der Waals surface area contributed by atoms with Gasteiger partial charge in [0.05, 0.1) is 32.1 Å². The Morgan fingerprint density at radius 3 is 2.32 bits per heavy atom. The van der Waals surface area contributed by atoms with E-state index in [2.05, 4.69) is 5.32 Å². The first-order valence-electron chi connectivity index (χ1n) is 9.97. The molecule has 8 nitrogen and oxygen atoms in total. The molecule has 0 radical (unpaired) electrons. The highest BCUT2D eigenvalue weighted by Crippen LogP contribution is 2.31. The van der Waals surface area contributed by atoms with E-state index in [1.54, 1.807) is 44.4 Å². The number of piperidine rings is 1. The Hall–Kier alpha value is -2.78. The summed E-state index contributed by atoms with van der Waals surface area (Å²) in [6.07, 6.45) is 1.23. The summed E-state index contributed by atoms with van der Waals surface area (Å²) in [7, 11) is 0.898. The summed E-state index contributed by atoms with van der Waals surface area (Å²) in [6.45, 7) is 2.31. The highest BCUT2D eigenvalue weighted by atomic mass is 32.2. The van der Waals surface area contributed by atoms with Crippen LogP contribution in [0, 0.1) is 12.8 Å². The third-order valence-corrected chi connectivity index (χ3v) is 7.27. The van der Waals surface area contributed by atoms with Crippen LogP contribution in [0.2, 0.25) is 0 Å². The molecule has 0 aromatic heterocycles. The van der Waals surface area contributed by atoms with E-state index >= 15 is 0 Å². The maximum atomic E-state index is 13.1. The number of methoxy groups -OCH3 is 3. The van der Waals surface area contributed by atoms with Crippen LogP contribution in [0.5, 0.6) is 17.2 Å². The van der Waals surface area contributed by atoms with Gasteiger partial charge in [-0.05, 0) is 55.7 Å². The summed E-state index contributed by atoms with van der Waals surface area (Å²) >= 11 is 0. The highest BCUT2D eigenvalue weighted by molar-refractivity contribution is 7.89. The molecule has 1 aliphatic rings. The van der Waals surface area contributed by atoms with Crippen molar-refractivity contribution in [3.63, 3.8) is 0 Å². The first-order chi connectivity index (χ1) is 14.8. The van der Waals surface area contributed by atoms with Gasteiger partial charge in [-0.25, -0.2) is 8.42 Å². The molecule has 0 saturated carbocycles. The molecule has 3 rings (SSSR count). The van der Waals surface area contributed by atoms with E-state index in [0.717, 1.165) is 5.56 Å². The number of rotatable bonds is 7. The zero-order valence-corrected chi connectivity index (χ0v) is 19.0. The average molecular weight is 449 g/mol. The molecule has 1 N–H and O–H groups in total. The number of amides is 1. The molecule has 1 heterocycles. The maximum Gasteiger partial charge on any atom is 0.243 e. The zero-order chi connectivity index (χ0) is 22.6. The van der Waals surface area contributed by atoms with Crippen LogP contribution >= 0.6 is 0 Å². The first-order valence-corrected chi connectivity index (χ1v) is 11.4. The van der Waals surface area contributed by atoms with Gasteiger partial charge in [-0.1, -0.05) is 0 Å². The second-order valence-corrected chi connectivity index (χ2v) is 9.33. The van der Waals surface area contributed by atoms with Crippen LogP contribution in [0.1, 0.15) is 18.4 Å². The lowest BCUT2D eigenvalue weighted by Gasteiger charge is -2.31. The van der Waals surface area contributed by atoms with Gasteiger partial charge in [-0.3, -0.25) is 4.79 Å². The van der Waals surface area contributed by atoms with Crippen LogP contribution in [-0.4, -0.2) is 53.0 Å². The van der Waals surface area contributed by atoms with Crippen molar-refractivity contribution in [1.82, 2.24) is 4.31 Å². The number of nitrogens with one attached hydrogen (secondary N) is 1. The molecule has 2 aromatic rings. The van der Waals surface area contributed by atoms with E-state index in [9.17, 15) is 13.2 Å². The van der Waals surface area contributed by atoms with Gasteiger partial charge in [-0.2, -0.15) is 4.31 Å². The topological polar surface area (TPSA) is 94.2 Å². The minimum atomic E-state index is -3.71. The van der Waals surface area contributed by atoms with Gasteiger partial charge in [-0.15, -0.1) is 0 Å². The molecule has 0 bridgehead atoms. The van der Waals surface area contributed by atoms with Gasteiger partial charge in [0.25, 0.3) is 0 Å². The number of aryl methyl sites for hydroxylation is 1. The number of carbonyl (C=O) groups is 1. The van der Waals surface area contributed by atoms with Crippen LogP contribution in [-0.2, 0) is 14.8 Å². The Balaban J connectivity index is 1.74. The van der Waals surface area contributed by atoms with Crippen molar-refractivity contribution in [2.75, 3.05) is 39.7 Å². The predicted molar refractivity (Wildman–Crippen MR) is 117 cm³/mol. The second kappa shape index (κ2) is 9.57. The molecule has 9 heteroatoms. The van der Waals surface area contributed by atoms with Gasteiger partial charge in [0.1, 0.15) is 5.75 Å². The van der Waals surface area contributed by atoms with Crippen molar-refractivity contribution in [3.8, 4) is 17.2 Å². The zero-order valence-electron chi connectivity index (χ0n) is 18.2. The SMILES string of the molecule is COc1ccc(S(=O)(=O)N2CCCC(C(=O)Nc3ccc(OC)c(OC)c3)C2)cc1C. The lowest BCUT2D eigenvalue weighted by atomic mass is 9.98. The fraction of sp³-hybridized carbons (Fsp3) is 0.409. The molecule has 1 fully saturated rings. The van der Waals surface area contributed by atoms with Crippen molar-refractivity contribution in [1.29, 1.82) is 0 Å². The Morgan fingerprint density at radius 2 is 1.68 bits per heavy atom. The lowest BCUT2D eigenvalue weighted by Crippen LogP contribution is -2.43. The molecule has 2 aromatic carbocycles. The van der Waals surface area contributed by atoms with E-state index in [1.807, 2.05) is 0 Å². The Morgan fingerprint density at radius 1 is 1.00 bits per heavy atom. The maximum absolute atomic E-state index is 13.1. The van der Waals surface area contributed by atoms with Crippen LogP contribution < -0.4 is 19.5 Å². The number of hydrogen-bond acceptors (Lipinski definition) is 6. The number of anilines is 1. The second-order valence-electron chi connectivity index (χ2n) is 7.39. The summed E-state index contributed by atoms with van der Waals surface area (Å²) in [6, 6.07) is 9.88. The lowest BCUT2D eigenvalue weighted by molar-refractivity contribution is -0.120. The van der Waals surface area contributed by atoms with Crippen molar-refractivity contribution in [2.24, 2.45) is 5.92 Å². The monoisotopic (exact) mass is 448 g/mol. The molecule has 1 amide bonds. The highest BCUT2D eigenvalue weighted by Gasteiger charge is 2.33. The number of benzene rings is 2. The molecule has 168 valence electrons. The third-order valence-electron chi connectivity index (χ3n) is 5.41.